The number of nitrogens with two attached hydrogens (primary N) is 1. The molecule has 0 radical (unpaired) electrons. The minimum Gasteiger partial charge on any atom is -0.381 e. The van der Waals surface area contributed by atoms with Crippen LogP contribution in [0.3, 0.4) is 0 Å². The average molecular weight is 232 g/mol. The maximum absolute atomic E-state index is 6.45. The Bertz CT molecular complexity index is 542. The number of hydrogen-bond acceptors (Lipinski definition) is 4. The highest BCUT2D eigenvalue weighted by atomic mass is 16.5. The number of rotatable bonds is 1. The van der Waals surface area contributed by atoms with Crippen LogP contribution >= 0.6 is 0 Å². The molecule has 0 spiro atoms. The van der Waals surface area contributed by atoms with Gasteiger partial charge in [0.05, 0.1) is 5.54 Å². The molecule has 90 valence electrons. The maximum atomic E-state index is 6.45. The van der Waals surface area contributed by atoms with Gasteiger partial charge < -0.3 is 15.0 Å². The number of imidazole rings is 1. The molecule has 1 aliphatic rings. The molecule has 0 amide bonds. The van der Waals surface area contributed by atoms with Gasteiger partial charge >= 0.3 is 0 Å². The number of nitrogens with zero attached hydrogens (tertiary/aromatic N) is 3. The summed E-state index contributed by atoms with van der Waals surface area (Å²) in [6, 6.07) is 3.86. The van der Waals surface area contributed by atoms with Crippen LogP contribution in [-0.2, 0) is 17.3 Å². The summed E-state index contributed by atoms with van der Waals surface area (Å²) < 4.78 is 7.37. The van der Waals surface area contributed by atoms with Crippen molar-refractivity contribution in [1.82, 2.24) is 14.5 Å². The molecular weight excluding hydrogens is 216 g/mol. The quantitative estimate of drug-likeness (QED) is 0.794. The van der Waals surface area contributed by atoms with Crippen molar-refractivity contribution in [3.63, 3.8) is 0 Å². The normalized spacial score (nSPS) is 19.6. The zero-order valence-corrected chi connectivity index (χ0v) is 9.89. The van der Waals surface area contributed by atoms with Crippen LogP contribution in [0.1, 0.15) is 18.7 Å². The van der Waals surface area contributed by atoms with E-state index in [4.69, 9.17) is 10.5 Å². The third kappa shape index (κ3) is 1.62. The molecule has 0 bridgehead atoms. The van der Waals surface area contributed by atoms with E-state index in [1.54, 1.807) is 6.20 Å². The number of pyridine rings is 1. The molecule has 1 fully saturated rings. The molecule has 2 N–H and O–H groups in total. The highest BCUT2D eigenvalue weighted by Crippen LogP contribution is 2.29. The molecule has 3 rings (SSSR count). The van der Waals surface area contributed by atoms with E-state index < -0.39 is 0 Å². The predicted octanol–water partition coefficient (Wildman–Crippen LogP) is 0.933. The Morgan fingerprint density at radius 3 is 2.88 bits per heavy atom. The molecule has 2 aromatic heterocycles. The van der Waals surface area contributed by atoms with Crippen LogP contribution in [0.15, 0.2) is 18.3 Å². The highest BCUT2D eigenvalue weighted by Gasteiger charge is 2.34. The van der Waals surface area contributed by atoms with Crippen LogP contribution in [0, 0.1) is 0 Å². The van der Waals surface area contributed by atoms with Gasteiger partial charge in [0.1, 0.15) is 11.3 Å². The summed E-state index contributed by atoms with van der Waals surface area (Å²) in [6.07, 6.45) is 3.40. The highest BCUT2D eigenvalue weighted by molar-refractivity contribution is 5.71. The van der Waals surface area contributed by atoms with Crippen molar-refractivity contribution in [3.05, 3.63) is 24.2 Å². The standard InChI is InChI=1S/C12H16N4O/c1-16-10-9(3-2-6-14-10)15-11(16)12(13)4-7-17-8-5-12/h2-3,6H,4-5,7-8,13H2,1H3. The lowest BCUT2D eigenvalue weighted by Gasteiger charge is -2.32. The Hall–Kier alpha value is -1.46. The molecular formula is C12H16N4O. The molecule has 0 atom stereocenters. The first-order valence-corrected chi connectivity index (χ1v) is 5.85. The fraction of sp³-hybridized carbons (Fsp3) is 0.500. The average Bonchev–Trinajstić information content (AvgIpc) is 2.69. The largest absolute Gasteiger partial charge is 0.381 e. The molecule has 5 heteroatoms. The van der Waals surface area contributed by atoms with Gasteiger partial charge in [-0.15, -0.1) is 0 Å². The second kappa shape index (κ2) is 3.78. The van der Waals surface area contributed by atoms with Crippen LogP contribution < -0.4 is 5.73 Å². The molecule has 2 aromatic rings. The third-order valence-corrected chi connectivity index (χ3v) is 3.46. The smallest absolute Gasteiger partial charge is 0.159 e. The van der Waals surface area contributed by atoms with E-state index in [-0.39, 0.29) is 5.54 Å². The molecule has 1 saturated heterocycles. The molecule has 5 nitrogen and oxygen atoms in total. The second-order valence-corrected chi connectivity index (χ2v) is 4.61. The second-order valence-electron chi connectivity index (χ2n) is 4.61. The number of aromatic nitrogens is 3. The third-order valence-electron chi connectivity index (χ3n) is 3.46. The minimum absolute atomic E-state index is 0.381. The molecule has 1 aliphatic heterocycles. The number of fused-ring (bicyclic) bond motifs is 1. The molecule has 3 heterocycles. The summed E-state index contributed by atoms with van der Waals surface area (Å²) in [5.74, 6) is 0.912. The Morgan fingerprint density at radius 2 is 2.18 bits per heavy atom. The van der Waals surface area contributed by atoms with Crippen molar-refractivity contribution in [2.24, 2.45) is 12.8 Å². The fourth-order valence-electron chi connectivity index (χ4n) is 2.43. The number of hydrogen-bond donors (Lipinski definition) is 1. The number of ether oxygens (including phenoxy) is 1. The van der Waals surface area contributed by atoms with E-state index in [0.29, 0.717) is 13.2 Å². The lowest BCUT2D eigenvalue weighted by atomic mass is 9.90. The topological polar surface area (TPSA) is 66.0 Å². The predicted molar refractivity (Wildman–Crippen MR) is 64.4 cm³/mol. The summed E-state index contributed by atoms with van der Waals surface area (Å²) >= 11 is 0. The maximum Gasteiger partial charge on any atom is 0.159 e. The van der Waals surface area contributed by atoms with Crippen molar-refractivity contribution in [3.8, 4) is 0 Å². The summed E-state index contributed by atoms with van der Waals surface area (Å²) in [7, 11) is 1.97. The van der Waals surface area contributed by atoms with E-state index in [9.17, 15) is 0 Å². The SMILES string of the molecule is Cn1c(C2(N)CCOCC2)nc2cccnc21. The van der Waals surface area contributed by atoms with Gasteiger partial charge in [0.25, 0.3) is 0 Å². The van der Waals surface area contributed by atoms with E-state index in [0.717, 1.165) is 29.8 Å². The van der Waals surface area contributed by atoms with E-state index in [1.165, 1.54) is 0 Å². The van der Waals surface area contributed by atoms with Crippen LogP contribution in [0.5, 0.6) is 0 Å². The minimum atomic E-state index is -0.381. The Kier molecular flexibility index (Phi) is 2.38. The summed E-state index contributed by atoms with van der Waals surface area (Å²) in [4.78, 5) is 8.97. The van der Waals surface area contributed by atoms with Crippen LogP contribution in [0.4, 0.5) is 0 Å². The summed E-state index contributed by atoms with van der Waals surface area (Å²) in [6.45, 7) is 1.40. The Labute approximate surface area is 99.6 Å². The van der Waals surface area contributed by atoms with Gasteiger partial charge in [-0.05, 0) is 25.0 Å². The van der Waals surface area contributed by atoms with Gasteiger partial charge in [-0.25, -0.2) is 9.97 Å². The van der Waals surface area contributed by atoms with Crippen LogP contribution in [-0.4, -0.2) is 27.7 Å². The van der Waals surface area contributed by atoms with Crippen molar-refractivity contribution in [1.29, 1.82) is 0 Å². The molecule has 17 heavy (non-hydrogen) atoms. The first-order chi connectivity index (χ1) is 8.21. The van der Waals surface area contributed by atoms with Gasteiger partial charge in [0, 0.05) is 26.5 Å². The molecule has 0 saturated carbocycles. The first kappa shape index (κ1) is 10.7. The molecule has 0 aromatic carbocycles. The molecule has 0 unspecified atom stereocenters. The van der Waals surface area contributed by atoms with Crippen molar-refractivity contribution in [2.75, 3.05) is 13.2 Å². The van der Waals surface area contributed by atoms with Crippen molar-refractivity contribution >= 4 is 11.2 Å². The van der Waals surface area contributed by atoms with E-state index in [2.05, 4.69) is 9.97 Å². The lowest BCUT2D eigenvalue weighted by Crippen LogP contribution is -2.44. The summed E-state index contributed by atoms with van der Waals surface area (Å²) in [5.41, 5.74) is 7.86. The number of aryl methyl sites for hydroxylation is 1. The van der Waals surface area contributed by atoms with Crippen LogP contribution in [0.25, 0.3) is 11.2 Å². The van der Waals surface area contributed by atoms with E-state index >= 15 is 0 Å². The zero-order valence-electron chi connectivity index (χ0n) is 9.89. The summed E-state index contributed by atoms with van der Waals surface area (Å²) in [5, 5.41) is 0. The Morgan fingerprint density at radius 1 is 1.41 bits per heavy atom. The zero-order chi connectivity index (χ0) is 11.9. The van der Waals surface area contributed by atoms with Gasteiger partial charge in [0.2, 0.25) is 0 Å². The van der Waals surface area contributed by atoms with E-state index in [1.807, 2.05) is 23.7 Å². The van der Waals surface area contributed by atoms with Gasteiger partial charge in [-0.2, -0.15) is 0 Å². The van der Waals surface area contributed by atoms with Gasteiger partial charge in [0.15, 0.2) is 5.65 Å². The monoisotopic (exact) mass is 232 g/mol. The Balaban J connectivity index is 2.13. The van der Waals surface area contributed by atoms with Crippen molar-refractivity contribution < 1.29 is 4.74 Å². The first-order valence-electron chi connectivity index (χ1n) is 5.85. The van der Waals surface area contributed by atoms with Gasteiger partial charge in [-0.1, -0.05) is 0 Å². The molecule has 0 aliphatic carbocycles. The fourth-order valence-corrected chi connectivity index (χ4v) is 2.43. The lowest BCUT2D eigenvalue weighted by molar-refractivity contribution is 0.0484. The van der Waals surface area contributed by atoms with Crippen molar-refractivity contribution in [2.45, 2.75) is 18.4 Å². The van der Waals surface area contributed by atoms with Crippen LogP contribution in [0.2, 0.25) is 0 Å². The van der Waals surface area contributed by atoms with Gasteiger partial charge in [-0.3, -0.25) is 0 Å².